The summed E-state index contributed by atoms with van der Waals surface area (Å²) in [5.41, 5.74) is 4.40. The minimum Gasteiger partial charge on any atom is -0.497 e. The Labute approximate surface area is 158 Å². The highest BCUT2D eigenvalue weighted by Gasteiger charge is 2.12. The molecule has 0 aliphatic heterocycles. The van der Waals surface area contributed by atoms with Gasteiger partial charge < -0.3 is 10.1 Å². The topological polar surface area (TPSA) is 65.3 Å². The number of amides is 1. The van der Waals surface area contributed by atoms with Gasteiger partial charge in [-0.15, -0.1) is 0 Å². The summed E-state index contributed by atoms with van der Waals surface area (Å²) < 4.78 is 8.01. The van der Waals surface area contributed by atoms with Gasteiger partial charge in [-0.2, -0.15) is 0 Å². The molecule has 0 bridgehead atoms. The van der Waals surface area contributed by atoms with Gasteiger partial charge in [-0.3, -0.25) is 13.9 Å². The summed E-state index contributed by atoms with van der Waals surface area (Å²) in [5.74, 6) is 0.481. The fourth-order valence-electron chi connectivity index (χ4n) is 3.18. The first-order chi connectivity index (χ1) is 12.9. The molecule has 0 atom stereocenters. The number of carbonyl (C=O) groups excluding carboxylic acids is 1. The second-order valence-corrected chi connectivity index (χ2v) is 6.60. The van der Waals surface area contributed by atoms with Gasteiger partial charge in [-0.1, -0.05) is 17.7 Å². The number of hydrogen-bond donors (Lipinski definition) is 1. The van der Waals surface area contributed by atoms with E-state index in [9.17, 15) is 9.59 Å². The van der Waals surface area contributed by atoms with Crippen LogP contribution in [0.15, 0.2) is 53.6 Å². The Morgan fingerprint density at radius 3 is 2.26 bits per heavy atom. The van der Waals surface area contributed by atoms with Crippen LogP contribution in [0, 0.1) is 20.8 Å². The first-order valence-electron chi connectivity index (χ1n) is 8.69. The number of anilines is 1. The molecule has 1 amide bonds. The van der Waals surface area contributed by atoms with Crippen molar-refractivity contribution in [3.63, 3.8) is 0 Å². The van der Waals surface area contributed by atoms with Crippen LogP contribution in [0.3, 0.4) is 0 Å². The minimum absolute atomic E-state index is 0.0469. The Bertz CT molecular complexity index is 1010. The molecule has 3 rings (SSSR count). The van der Waals surface area contributed by atoms with Crippen molar-refractivity contribution in [2.24, 2.45) is 0 Å². The molecule has 6 heteroatoms. The third-order valence-electron chi connectivity index (χ3n) is 4.45. The number of carbonyl (C=O) groups is 1. The van der Waals surface area contributed by atoms with Crippen molar-refractivity contribution >= 4 is 11.6 Å². The Balaban J connectivity index is 1.78. The second-order valence-electron chi connectivity index (χ2n) is 6.60. The fourth-order valence-corrected chi connectivity index (χ4v) is 3.18. The van der Waals surface area contributed by atoms with Crippen LogP contribution >= 0.6 is 0 Å². The maximum atomic E-state index is 12.6. The van der Waals surface area contributed by atoms with Crippen molar-refractivity contribution in [1.29, 1.82) is 0 Å². The highest BCUT2D eigenvalue weighted by atomic mass is 16.5. The van der Waals surface area contributed by atoms with E-state index >= 15 is 0 Å². The number of methoxy groups -OCH3 is 1. The van der Waals surface area contributed by atoms with Gasteiger partial charge in [0.25, 0.3) is 0 Å². The van der Waals surface area contributed by atoms with Crippen LogP contribution in [0.2, 0.25) is 0 Å². The van der Waals surface area contributed by atoms with Crippen molar-refractivity contribution in [3.05, 3.63) is 76.0 Å². The molecule has 0 spiro atoms. The zero-order chi connectivity index (χ0) is 19.6. The van der Waals surface area contributed by atoms with Gasteiger partial charge in [0.15, 0.2) is 0 Å². The summed E-state index contributed by atoms with van der Waals surface area (Å²) in [5, 5.41) is 2.92. The van der Waals surface area contributed by atoms with Gasteiger partial charge in [0, 0.05) is 18.1 Å². The minimum atomic E-state index is -0.271. The van der Waals surface area contributed by atoms with Crippen LogP contribution in [-0.2, 0) is 11.3 Å². The van der Waals surface area contributed by atoms with E-state index in [1.54, 1.807) is 43.8 Å². The number of nitrogens with zero attached hydrogens (tertiary/aromatic N) is 2. The summed E-state index contributed by atoms with van der Waals surface area (Å²) in [6.07, 6.45) is 3.26. The van der Waals surface area contributed by atoms with E-state index in [2.05, 4.69) is 5.32 Å². The van der Waals surface area contributed by atoms with E-state index in [-0.39, 0.29) is 18.1 Å². The van der Waals surface area contributed by atoms with E-state index in [4.69, 9.17) is 4.74 Å². The van der Waals surface area contributed by atoms with Crippen molar-refractivity contribution in [1.82, 2.24) is 9.13 Å². The van der Waals surface area contributed by atoms with Crippen LogP contribution in [0.5, 0.6) is 5.75 Å². The average Bonchev–Trinajstić information content (AvgIpc) is 2.98. The van der Waals surface area contributed by atoms with Gasteiger partial charge in [0.05, 0.1) is 12.8 Å². The maximum Gasteiger partial charge on any atom is 0.333 e. The molecule has 3 aromatic rings. The summed E-state index contributed by atoms with van der Waals surface area (Å²) >= 11 is 0. The van der Waals surface area contributed by atoms with Crippen molar-refractivity contribution in [2.75, 3.05) is 12.4 Å². The monoisotopic (exact) mass is 365 g/mol. The normalized spacial score (nSPS) is 10.7. The fraction of sp³-hybridized carbons (Fsp3) is 0.238. The Morgan fingerprint density at radius 2 is 1.67 bits per heavy atom. The predicted octanol–water partition coefficient (Wildman–Crippen LogP) is 3.21. The zero-order valence-electron chi connectivity index (χ0n) is 15.9. The molecule has 0 fully saturated rings. The molecule has 2 aromatic carbocycles. The first kappa shape index (κ1) is 18.5. The van der Waals surface area contributed by atoms with Gasteiger partial charge in [-0.25, -0.2) is 4.79 Å². The van der Waals surface area contributed by atoms with Crippen LogP contribution < -0.4 is 15.7 Å². The summed E-state index contributed by atoms with van der Waals surface area (Å²) in [4.78, 5) is 25.1. The largest absolute Gasteiger partial charge is 0.497 e. The molecule has 1 heterocycles. The molecule has 0 aliphatic carbocycles. The molecule has 27 heavy (non-hydrogen) atoms. The molecule has 1 N–H and O–H groups in total. The maximum absolute atomic E-state index is 12.6. The second kappa shape index (κ2) is 7.53. The van der Waals surface area contributed by atoms with Crippen LogP contribution in [-0.4, -0.2) is 22.2 Å². The molecule has 0 radical (unpaired) electrons. The van der Waals surface area contributed by atoms with Gasteiger partial charge in [-0.05, 0) is 56.2 Å². The average molecular weight is 365 g/mol. The lowest BCUT2D eigenvalue weighted by Crippen LogP contribution is -2.28. The number of aryl methyl sites for hydroxylation is 3. The third-order valence-corrected chi connectivity index (χ3v) is 4.45. The quantitative estimate of drug-likeness (QED) is 0.755. The Hall–Kier alpha value is -3.28. The molecule has 6 nitrogen and oxygen atoms in total. The van der Waals surface area contributed by atoms with Gasteiger partial charge in [0.1, 0.15) is 12.3 Å². The third kappa shape index (κ3) is 3.95. The van der Waals surface area contributed by atoms with Crippen molar-refractivity contribution in [3.8, 4) is 11.4 Å². The van der Waals surface area contributed by atoms with Crippen molar-refractivity contribution < 1.29 is 9.53 Å². The lowest BCUT2D eigenvalue weighted by molar-refractivity contribution is -0.116. The standard InChI is InChI=1S/C21H23N3O3/c1-14-11-15(2)20(16(3)12-14)22-19(25)13-23-9-10-24(21(23)26)17-5-7-18(27-4)8-6-17/h5-12H,13H2,1-4H3,(H,22,25). The van der Waals surface area contributed by atoms with E-state index in [0.717, 1.165) is 28.1 Å². The molecule has 140 valence electrons. The highest BCUT2D eigenvalue weighted by molar-refractivity contribution is 5.92. The number of hydrogen-bond acceptors (Lipinski definition) is 3. The highest BCUT2D eigenvalue weighted by Crippen LogP contribution is 2.21. The molecule has 0 aliphatic rings. The number of rotatable bonds is 5. The first-order valence-corrected chi connectivity index (χ1v) is 8.69. The number of nitrogens with one attached hydrogen (secondary N) is 1. The number of ether oxygens (including phenoxy) is 1. The lowest BCUT2D eigenvalue weighted by atomic mass is 10.1. The lowest BCUT2D eigenvalue weighted by Gasteiger charge is -2.13. The zero-order valence-corrected chi connectivity index (χ0v) is 15.9. The molecular formula is C21H23N3O3. The van der Waals surface area contributed by atoms with Gasteiger partial charge in [0.2, 0.25) is 5.91 Å². The van der Waals surface area contributed by atoms with Crippen LogP contribution in [0.1, 0.15) is 16.7 Å². The van der Waals surface area contributed by atoms with E-state index in [1.165, 1.54) is 9.13 Å². The Morgan fingerprint density at radius 1 is 1.04 bits per heavy atom. The van der Waals surface area contributed by atoms with Gasteiger partial charge >= 0.3 is 5.69 Å². The molecule has 0 saturated heterocycles. The number of aromatic nitrogens is 2. The molecule has 1 aromatic heterocycles. The molecular weight excluding hydrogens is 342 g/mol. The number of imidazole rings is 1. The van der Waals surface area contributed by atoms with Crippen LogP contribution in [0.25, 0.3) is 5.69 Å². The SMILES string of the molecule is COc1ccc(-n2ccn(CC(=O)Nc3c(C)cc(C)cc3C)c2=O)cc1. The number of benzene rings is 2. The van der Waals surface area contributed by atoms with Crippen LogP contribution in [0.4, 0.5) is 5.69 Å². The molecule has 0 saturated carbocycles. The Kier molecular flexibility index (Phi) is 5.16. The van der Waals surface area contributed by atoms with E-state index in [1.807, 2.05) is 32.9 Å². The summed E-state index contributed by atoms with van der Waals surface area (Å²) in [7, 11) is 1.59. The smallest absolute Gasteiger partial charge is 0.333 e. The molecule has 0 unspecified atom stereocenters. The summed E-state index contributed by atoms with van der Waals surface area (Å²) in [6, 6.07) is 11.2. The van der Waals surface area contributed by atoms with E-state index < -0.39 is 0 Å². The predicted molar refractivity (Wildman–Crippen MR) is 106 cm³/mol. The summed E-state index contributed by atoms with van der Waals surface area (Å²) in [6.45, 7) is 5.89. The van der Waals surface area contributed by atoms with Crippen molar-refractivity contribution in [2.45, 2.75) is 27.3 Å². The van der Waals surface area contributed by atoms with E-state index in [0.29, 0.717) is 5.69 Å².